The van der Waals surface area contributed by atoms with E-state index >= 15 is 0 Å². The third-order valence-corrected chi connectivity index (χ3v) is 2.19. The minimum Gasteiger partial charge on any atom is -0.446 e. The van der Waals surface area contributed by atoms with Gasteiger partial charge in [0, 0.05) is 14.1 Å². The monoisotopic (exact) mass is 171 g/mol. The van der Waals surface area contributed by atoms with E-state index in [0.29, 0.717) is 5.41 Å². The SMILES string of the molecule is CN(C)C(=O)OC1CC(C)(C)C1. The average molecular weight is 171 g/mol. The highest BCUT2D eigenvalue weighted by Gasteiger charge is 2.38. The summed E-state index contributed by atoms with van der Waals surface area (Å²) in [5.41, 5.74) is 0.372. The molecule has 3 heteroatoms. The van der Waals surface area contributed by atoms with Crippen LogP contribution >= 0.6 is 0 Å². The molecule has 0 aromatic carbocycles. The highest BCUT2D eigenvalue weighted by atomic mass is 16.6. The third-order valence-electron chi connectivity index (χ3n) is 2.19. The van der Waals surface area contributed by atoms with Crippen LogP contribution in [0.5, 0.6) is 0 Å². The van der Waals surface area contributed by atoms with Crippen molar-refractivity contribution in [3.8, 4) is 0 Å². The van der Waals surface area contributed by atoms with E-state index in [2.05, 4.69) is 13.8 Å². The molecule has 0 aromatic heterocycles. The number of nitrogens with zero attached hydrogens (tertiary/aromatic N) is 1. The van der Waals surface area contributed by atoms with Crippen molar-refractivity contribution < 1.29 is 9.53 Å². The van der Waals surface area contributed by atoms with Crippen molar-refractivity contribution in [1.29, 1.82) is 0 Å². The fourth-order valence-electron chi connectivity index (χ4n) is 1.50. The first-order valence-electron chi connectivity index (χ1n) is 4.29. The van der Waals surface area contributed by atoms with Crippen LogP contribution in [-0.2, 0) is 4.74 Å². The Hall–Kier alpha value is -0.730. The van der Waals surface area contributed by atoms with E-state index in [0.717, 1.165) is 12.8 Å². The quantitative estimate of drug-likeness (QED) is 0.602. The van der Waals surface area contributed by atoms with Crippen molar-refractivity contribution in [2.75, 3.05) is 14.1 Å². The van der Waals surface area contributed by atoms with E-state index in [1.165, 1.54) is 4.90 Å². The molecule has 1 saturated carbocycles. The zero-order chi connectivity index (χ0) is 9.35. The number of carbonyl (C=O) groups is 1. The van der Waals surface area contributed by atoms with Crippen LogP contribution in [-0.4, -0.2) is 31.2 Å². The Labute approximate surface area is 73.7 Å². The molecule has 0 radical (unpaired) electrons. The van der Waals surface area contributed by atoms with Gasteiger partial charge < -0.3 is 9.64 Å². The van der Waals surface area contributed by atoms with Gasteiger partial charge in [-0.25, -0.2) is 4.79 Å². The number of rotatable bonds is 1. The van der Waals surface area contributed by atoms with Crippen LogP contribution in [0.2, 0.25) is 0 Å². The minimum absolute atomic E-state index is 0.148. The maximum absolute atomic E-state index is 11.1. The molecule has 0 N–H and O–H groups in total. The summed E-state index contributed by atoms with van der Waals surface area (Å²) in [6.07, 6.45) is 1.91. The Balaban J connectivity index is 2.23. The molecule has 0 atom stereocenters. The van der Waals surface area contributed by atoms with Crippen molar-refractivity contribution >= 4 is 6.09 Å². The zero-order valence-electron chi connectivity index (χ0n) is 8.26. The molecule has 0 spiro atoms. The minimum atomic E-state index is -0.226. The molecule has 0 aromatic rings. The van der Waals surface area contributed by atoms with Gasteiger partial charge in [-0.1, -0.05) is 13.8 Å². The smallest absolute Gasteiger partial charge is 0.409 e. The summed E-state index contributed by atoms with van der Waals surface area (Å²) < 4.78 is 5.17. The summed E-state index contributed by atoms with van der Waals surface area (Å²) >= 11 is 0. The van der Waals surface area contributed by atoms with E-state index in [1.54, 1.807) is 14.1 Å². The molecule has 12 heavy (non-hydrogen) atoms. The Bertz CT molecular complexity index is 179. The highest BCUT2D eigenvalue weighted by molar-refractivity contribution is 5.67. The first kappa shape index (κ1) is 9.36. The summed E-state index contributed by atoms with van der Waals surface area (Å²) in [7, 11) is 3.40. The van der Waals surface area contributed by atoms with Gasteiger partial charge in [0.05, 0.1) is 0 Å². The lowest BCUT2D eigenvalue weighted by molar-refractivity contribution is -0.0314. The van der Waals surface area contributed by atoms with Crippen molar-refractivity contribution in [3.05, 3.63) is 0 Å². The van der Waals surface area contributed by atoms with Gasteiger partial charge in [0.25, 0.3) is 0 Å². The van der Waals surface area contributed by atoms with Crippen molar-refractivity contribution in [1.82, 2.24) is 4.90 Å². The second kappa shape index (κ2) is 2.96. The third kappa shape index (κ3) is 2.13. The lowest BCUT2D eigenvalue weighted by Gasteiger charge is -2.41. The molecular weight excluding hydrogens is 154 g/mol. The van der Waals surface area contributed by atoms with Gasteiger partial charge in [0.15, 0.2) is 0 Å². The Kier molecular flexibility index (Phi) is 2.31. The number of amides is 1. The van der Waals surface area contributed by atoms with Gasteiger partial charge in [-0.15, -0.1) is 0 Å². The van der Waals surface area contributed by atoms with Crippen LogP contribution in [0.15, 0.2) is 0 Å². The van der Waals surface area contributed by atoms with Gasteiger partial charge in [-0.05, 0) is 18.3 Å². The van der Waals surface area contributed by atoms with Gasteiger partial charge in [-0.2, -0.15) is 0 Å². The fraction of sp³-hybridized carbons (Fsp3) is 0.889. The van der Waals surface area contributed by atoms with E-state index in [9.17, 15) is 4.79 Å². The summed E-state index contributed by atoms with van der Waals surface area (Å²) in [6, 6.07) is 0. The van der Waals surface area contributed by atoms with Crippen LogP contribution < -0.4 is 0 Å². The largest absolute Gasteiger partial charge is 0.446 e. The Morgan fingerprint density at radius 1 is 1.42 bits per heavy atom. The van der Waals surface area contributed by atoms with E-state index in [1.807, 2.05) is 0 Å². The van der Waals surface area contributed by atoms with Crippen molar-refractivity contribution in [3.63, 3.8) is 0 Å². The summed E-state index contributed by atoms with van der Waals surface area (Å²) in [6.45, 7) is 4.37. The Morgan fingerprint density at radius 3 is 2.25 bits per heavy atom. The van der Waals surface area contributed by atoms with Crippen LogP contribution in [0, 0.1) is 5.41 Å². The molecule has 3 nitrogen and oxygen atoms in total. The molecule has 1 amide bonds. The molecule has 70 valence electrons. The van der Waals surface area contributed by atoms with Crippen LogP contribution in [0.1, 0.15) is 26.7 Å². The molecule has 0 aliphatic heterocycles. The zero-order valence-corrected chi connectivity index (χ0v) is 8.26. The molecule has 1 rings (SSSR count). The maximum atomic E-state index is 11.1. The van der Waals surface area contributed by atoms with Crippen LogP contribution in [0.3, 0.4) is 0 Å². The molecule has 1 fully saturated rings. The maximum Gasteiger partial charge on any atom is 0.409 e. The lowest BCUT2D eigenvalue weighted by Crippen LogP contribution is -2.41. The van der Waals surface area contributed by atoms with Gasteiger partial charge in [-0.3, -0.25) is 0 Å². The summed E-state index contributed by atoms with van der Waals surface area (Å²) in [4.78, 5) is 12.5. The first-order chi connectivity index (χ1) is 5.41. The van der Waals surface area contributed by atoms with E-state index in [-0.39, 0.29) is 12.2 Å². The Morgan fingerprint density at radius 2 is 1.92 bits per heavy atom. The molecule has 1 aliphatic carbocycles. The normalized spacial score (nSPS) is 21.3. The molecular formula is C9H17NO2. The summed E-state index contributed by atoms with van der Waals surface area (Å²) in [5.74, 6) is 0. The van der Waals surface area contributed by atoms with Crippen molar-refractivity contribution in [2.24, 2.45) is 5.41 Å². The molecule has 0 heterocycles. The highest BCUT2D eigenvalue weighted by Crippen LogP contribution is 2.41. The second-order valence-corrected chi connectivity index (χ2v) is 4.47. The van der Waals surface area contributed by atoms with Crippen LogP contribution in [0.25, 0.3) is 0 Å². The van der Waals surface area contributed by atoms with Crippen molar-refractivity contribution in [2.45, 2.75) is 32.8 Å². The first-order valence-corrected chi connectivity index (χ1v) is 4.29. The number of ether oxygens (including phenoxy) is 1. The summed E-state index contributed by atoms with van der Waals surface area (Å²) in [5, 5.41) is 0. The lowest BCUT2D eigenvalue weighted by atomic mass is 9.70. The fourth-order valence-corrected chi connectivity index (χ4v) is 1.50. The predicted octanol–water partition coefficient (Wildman–Crippen LogP) is 1.87. The van der Waals surface area contributed by atoms with E-state index in [4.69, 9.17) is 4.74 Å². The molecule has 1 aliphatic rings. The van der Waals surface area contributed by atoms with Gasteiger partial charge in [0.2, 0.25) is 0 Å². The van der Waals surface area contributed by atoms with Gasteiger partial charge >= 0.3 is 6.09 Å². The molecule has 0 unspecified atom stereocenters. The number of hydrogen-bond donors (Lipinski definition) is 0. The average Bonchev–Trinajstić information content (AvgIpc) is 1.83. The molecule has 0 saturated heterocycles. The topological polar surface area (TPSA) is 29.5 Å². The standard InChI is InChI=1S/C9H17NO2/c1-9(2)5-7(6-9)12-8(11)10(3)4/h7H,5-6H2,1-4H3. The van der Waals surface area contributed by atoms with Gasteiger partial charge in [0.1, 0.15) is 6.10 Å². The number of carbonyl (C=O) groups excluding carboxylic acids is 1. The predicted molar refractivity (Wildman–Crippen MR) is 47.0 cm³/mol. The second-order valence-electron chi connectivity index (χ2n) is 4.47. The van der Waals surface area contributed by atoms with Crippen LogP contribution in [0.4, 0.5) is 4.79 Å². The number of hydrogen-bond acceptors (Lipinski definition) is 2. The molecule has 0 bridgehead atoms. The van der Waals surface area contributed by atoms with E-state index < -0.39 is 0 Å².